The van der Waals surface area contributed by atoms with Gasteiger partial charge in [-0.2, -0.15) is 0 Å². The highest BCUT2D eigenvalue weighted by Gasteiger charge is 2.12. The Morgan fingerprint density at radius 2 is 1.67 bits per heavy atom. The summed E-state index contributed by atoms with van der Waals surface area (Å²) >= 11 is 0. The fourth-order valence-electron chi connectivity index (χ4n) is 2.27. The van der Waals surface area contributed by atoms with Crippen LogP contribution in [0.5, 0.6) is 0 Å². The van der Waals surface area contributed by atoms with Crippen LogP contribution in [0, 0.1) is 17.5 Å². The maximum absolute atomic E-state index is 13.8. The van der Waals surface area contributed by atoms with Gasteiger partial charge in [-0.1, -0.05) is 25.1 Å². The largest absolute Gasteiger partial charge is 0.356 e. The van der Waals surface area contributed by atoms with Crippen molar-refractivity contribution >= 4 is 5.96 Å². The van der Waals surface area contributed by atoms with Crippen molar-refractivity contribution < 1.29 is 13.2 Å². The van der Waals surface area contributed by atoms with Crippen LogP contribution in [0.4, 0.5) is 13.2 Å². The molecule has 128 valence electrons. The first-order valence-electron chi connectivity index (χ1n) is 7.63. The molecule has 0 spiro atoms. The summed E-state index contributed by atoms with van der Waals surface area (Å²) in [5.41, 5.74) is 1.36. The monoisotopic (exact) mass is 335 g/mol. The molecule has 1 unspecified atom stereocenters. The molecule has 0 aromatic heterocycles. The van der Waals surface area contributed by atoms with E-state index in [1.54, 1.807) is 19.2 Å². The molecule has 3 nitrogen and oxygen atoms in total. The summed E-state index contributed by atoms with van der Waals surface area (Å²) in [7, 11) is 1.63. The Bertz CT molecular complexity index is 699. The molecule has 0 saturated carbocycles. The van der Waals surface area contributed by atoms with E-state index in [1.165, 1.54) is 24.3 Å². The van der Waals surface area contributed by atoms with Gasteiger partial charge in [-0.3, -0.25) is 4.99 Å². The number of halogens is 3. The average molecular weight is 335 g/mol. The molecule has 1 atom stereocenters. The van der Waals surface area contributed by atoms with Crippen molar-refractivity contribution in [3.63, 3.8) is 0 Å². The van der Waals surface area contributed by atoms with Gasteiger partial charge >= 0.3 is 0 Å². The third-order valence-corrected chi connectivity index (χ3v) is 3.67. The van der Waals surface area contributed by atoms with E-state index in [2.05, 4.69) is 15.6 Å². The summed E-state index contributed by atoms with van der Waals surface area (Å²) in [6, 6.07) is 9.74. The van der Waals surface area contributed by atoms with Crippen LogP contribution in [0.1, 0.15) is 24.0 Å². The average Bonchev–Trinajstić information content (AvgIpc) is 2.56. The predicted molar refractivity (Wildman–Crippen MR) is 89.4 cm³/mol. The van der Waals surface area contributed by atoms with E-state index >= 15 is 0 Å². The van der Waals surface area contributed by atoms with Crippen molar-refractivity contribution in [2.75, 3.05) is 13.6 Å². The molecule has 2 aromatic carbocycles. The zero-order valence-corrected chi connectivity index (χ0v) is 13.6. The number of guanidine groups is 1. The number of aliphatic imine (C=N–C) groups is 1. The first-order valence-corrected chi connectivity index (χ1v) is 7.63. The first-order chi connectivity index (χ1) is 11.5. The van der Waals surface area contributed by atoms with Crippen LogP contribution < -0.4 is 10.6 Å². The molecule has 6 heteroatoms. The van der Waals surface area contributed by atoms with Crippen molar-refractivity contribution in [2.24, 2.45) is 4.99 Å². The number of nitrogens with zero attached hydrogens (tertiary/aromatic N) is 1. The second-order valence-corrected chi connectivity index (χ2v) is 5.50. The van der Waals surface area contributed by atoms with Crippen molar-refractivity contribution in [1.82, 2.24) is 10.6 Å². The molecule has 2 rings (SSSR count). The van der Waals surface area contributed by atoms with Crippen molar-refractivity contribution in [2.45, 2.75) is 19.4 Å². The van der Waals surface area contributed by atoms with E-state index in [0.29, 0.717) is 24.6 Å². The van der Waals surface area contributed by atoms with Crippen LogP contribution >= 0.6 is 0 Å². The van der Waals surface area contributed by atoms with Gasteiger partial charge in [0.05, 0.1) is 0 Å². The first kappa shape index (κ1) is 17.8. The minimum absolute atomic E-state index is 0.157. The summed E-state index contributed by atoms with van der Waals surface area (Å²) in [5.74, 6) is -1.04. The fraction of sp³-hybridized carbons (Fsp3) is 0.278. The molecule has 0 aliphatic rings. The maximum atomic E-state index is 13.8. The highest BCUT2D eigenvalue weighted by Crippen LogP contribution is 2.19. The molecular weight excluding hydrogens is 315 g/mol. The van der Waals surface area contributed by atoms with Gasteiger partial charge in [0.2, 0.25) is 0 Å². The lowest BCUT2D eigenvalue weighted by atomic mass is 10.0. The quantitative estimate of drug-likeness (QED) is 0.647. The molecule has 0 saturated heterocycles. The standard InChI is InChI=1S/C18H20F3N3/c1-12(16-8-7-15(20)9-17(16)21)10-23-18(22-2)24-11-13-3-5-14(19)6-4-13/h3-9,12H,10-11H2,1-2H3,(H2,22,23,24). The minimum Gasteiger partial charge on any atom is -0.356 e. The molecule has 0 amide bonds. The second-order valence-electron chi connectivity index (χ2n) is 5.50. The molecule has 0 fully saturated rings. The van der Waals surface area contributed by atoms with Gasteiger partial charge in [-0.15, -0.1) is 0 Å². The molecule has 0 bridgehead atoms. The lowest BCUT2D eigenvalue weighted by molar-refractivity contribution is 0.556. The maximum Gasteiger partial charge on any atom is 0.191 e. The van der Waals surface area contributed by atoms with Gasteiger partial charge < -0.3 is 10.6 Å². The molecule has 0 radical (unpaired) electrons. The molecule has 2 aromatic rings. The van der Waals surface area contributed by atoms with Crippen molar-refractivity contribution in [1.29, 1.82) is 0 Å². The van der Waals surface area contributed by atoms with Crippen LogP contribution in [-0.2, 0) is 6.54 Å². The topological polar surface area (TPSA) is 36.4 Å². The van der Waals surface area contributed by atoms with Gasteiger partial charge in [-0.25, -0.2) is 13.2 Å². The lowest BCUT2D eigenvalue weighted by Crippen LogP contribution is -2.38. The molecule has 0 heterocycles. The van der Waals surface area contributed by atoms with E-state index in [4.69, 9.17) is 0 Å². The Hall–Kier alpha value is -2.50. The molecule has 2 N–H and O–H groups in total. The molecular formula is C18H20F3N3. The van der Waals surface area contributed by atoms with E-state index in [9.17, 15) is 13.2 Å². The van der Waals surface area contributed by atoms with Crippen LogP contribution in [0.25, 0.3) is 0 Å². The van der Waals surface area contributed by atoms with Crippen molar-refractivity contribution in [3.05, 3.63) is 71.0 Å². The van der Waals surface area contributed by atoms with Gasteiger partial charge in [-0.05, 0) is 29.3 Å². The SMILES string of the molecule is CN=C(NCc1ccc(F)cc1)NCC(C)c1ccc(F)cc1F. The van der Waals surface area contributed by atoms with Crippen LogP contribution in [0.15, 0.2) is 47.5 Å². The van der Waals surface area contributed by atoms with Crippen LogP contribution in [-0.4, -0.2) is 19.6 Å². The third kappa shape index (κ3) is 5.01. The summed E-state index contributed by atoms with van der Waals surface area (Å²) in [6.45, 7) is 2.77. The number of benzene rings is 2. The predicted octanol–water partition coefficient (Wildman–Crippen LogP) is 3.57. The number of nitrogens with one attached hydrogen (secondary N) is 2. The van der Waals surface area contributed by atoms with Gasteiger partial charge in [0.15, 0.2) is 5.96 Å². The Morgan fingerprint density at radius 3 is 2.29 bits per heavy atom. The highest BCUT2D eigenvalue weighted by molar-refractivity contribution is 5.79. The third-order valence-electron chi connectivity index (χ3n) is 3.67. The van der Waals surface area contributed by atoms with E-state index < -0.39 is 11.6 Å². The summed E-state index contributed by atoms with van der Waals surface area (Å²) in [6.07, 6.45) is 0. The Labute approximate surface area is 139 Å². The van der Waals surface area contributed by atoms with Gasteiger partial charge in [0.1, 0.15) is 17.5 Å². The van der Waals surface area contributed by atoms with Gasteiger partial charge in [0.25, 0.3) is 0 Å². The lowest BCUT2D eigenvalue weighted by Gasteiger charge is -2.17. The zero-order valence-electron chi connectivity index (χ0n) is 13.6. The summed E-state index contributed by atoms with van der Waals surface area (Å²) < 4.78 is 39.6. The van der Waals surface area contributed by atoms with E-state index in [1.807, 2.05) is 6.92 Å². The number of hydrogen-bond acceptors (Lipinski definition) is 1. The Balaban J connectivity index is 1.87. The van der Waals surface area contributed by atoms with Crippen LogP contribution in [0.2, 0.25) is 0 Å². The second kappa shape index (κ2) is 8.38. The minimum atomic E-state index is -0.590. The molecule has 0 aliphatic carbocycles. The summed E-state index contributed by atoms with van der Waals surface area (Å²) in [5, 5.41) is 6.19. The smallest absolute Gasteiger partial charge is 0.191 e. The normalized spacial score (nSPS) is 12.8. The van der Waals surface area contributed by atoms with Crippen LogP contribution in [0.3, 0.4) is 0 Å². The molecule has 24 heavy (non-hydrogen) atoms. The van der Waals surface area contributed by atoms with Crippen molar-refractivity contribution in [3.8, 4) is 0 Å². The Morgan fingerprint density at radius 1 is 1.00 bits per heavy atom. The highest BCUT2D eigenvalue weighted by atomic mass is 19.1. The van der Waals surface area contributed by atoms with E-state index in [-0.39, 0.29) is 11.7 Å². The Kier molecular flexibility index (Phi) is 6.23. The zero-order chi connectivity index (χ0) is 17.5. The fourth-order valence-corrected chi connectivity index (χ4v) is 2.27. The number of rotatable bonds is 5. The summed E-state index contributed by atoms with van der Waals surface area (Å²) in [4.78, 5) is 4.09. The van der Waals surface area contributed by atoms with Gasteiger partial charge in [0, 0.05) is 32.1 Å². The number of hydrogen-bond donors (Lipinski definition) is 2. The molecule has 0 aliphatic heterocycles. The van der Waals surface area contributed by atoms with E-state index in [0.717, 1.165) is 11.6 Å².